The molecule has 28 heavy (non-hydrogen) atoms. The van der Waals surface area contributed by atoms with E-state index in [-0.39, 0.29) is 0 Å². The average Bonchev–Trinajstić information content (AvgIpc) is 2.79. The first-order chi connectivity index (χ1) is 13.8. The highest BCUT2D eigenvalue weighted by molar-refractivity contribution is 5.29. The fraction of sp³-hybridized carbons (Fsp3) is 0.520. The van der Waals surface area contributed by atoms with Gasteiger partial charge in [-0.05, 0) is 43.0 Å². The SMILES string of the molecule is CC(c1ccc(OCc2ccccc2)cc1)N1CCN(C2CCCCC2)CC1. The normalized spacial score (nSPS) is 20.8. The van der Waals surface area contributed by atoms with Gasteiger partial charge in [0, 0.05) is 38.3 Å². The van der Waals surface area contributed by atoms with E-state index in [1.807, 2.05) is 6.07 Å². The van der Waals surface area contributed by atoms with Crippen LogP contribution >= 0.6 is 0 Å². The van der Waals surface area contributed by atoms with Gasteiger partial charge in [-0.2, -0.15) is 0 Å². The Labute approximate surface area is 170 Å². The van der Waals surface area contributed by atoms with E-state index in [0.717, 1.165) is 11.8 Å². The Hall–Kier alpha value is -1.84. The fourth-order valence-corrected chi connectivity index (χ4v) is 4.73. The van der Waals surface area contributed by atoms with E-state index in [1.54, 1.807) is 0 Å². The van der Waals surface area contributed by atoms with Gasteiger partial charge in [0.25, 0.3) is 0 Å². The molecule has 0 N–H and O–H groups in total. The van der Waals surface area contributed by atoms with Gasteiger partial charge in [-0.25, -0.2) is 0 Å². The molecule has 4 rings (SSSR count). The van der Waals surface area contributed by atoms with E-state index < -0.39 is 0 Å². The minimum absolute atomic E-state index is 0.469. The third-order valence-electron chi connectivity index (χ3n) is 6.60. The summed E-state index contributed by atoms with van der Waals surface area (Å²) in [6, 6.07) is 20.4. The molecule has 1 heterocycles. The Balaban J connectivity index is 1.27. The van der Waals surface area contributed by atoms with E-state index >= 15 is 0 Å². The van der Waals surface area contributed by atoms with Gasteiger partial charge in [-0.1, -0.05) is 61.7 Å². The summed E-state index contributed by atoms with van der Waals surface area (Å²) in [5.41, 5.74) is 2.59. The lowest BCUT2D eigenvalue weighted by molar-refractivity contribution is 0.0602. The highest BCUT2D eigenvalue weighted by atomic mass is 16.5. The standard InChI is InChI=1S/C25H34N2O/c1-21(26-16-18-27(19-17-26)24-10-6-3-7-11-24)23-12-14-25(15-13-23)28-20-22-8-4-2-5-9-22/h2,4-5,8-9,12-15,21,24H,3,6-7,10-11,16-20H2,1H3. The zero-order chi connectivity index (χ0) is 19.2. The van der Waals surface area contributed by atoms with Crippen LogP contribution in [0.5, 0.6) is 5.75 Å². The van der Waals surface area contributed by atoms with Gasteiger partial charge >= 0.3 is 0 Å². The lowest BCUT2D eigenvalue weighted by Crippen LogP contribution is -2.51. The van der Waals surface area contributed by atoms with Crippen molar-refractivity contribution in [3.63, 3.8) is 0 Å². The molecule has 1 unspecified atom stereocenters. The summed E-state index contributed by atoms with van der Waals surface area (Å²) in [4.78, 5) is 5.39. The summed E-state index contributed by atoms with van der Waals surface area (Å²) in [6.45, 7) is 7.80. The number of rotatable bonds is 6. The molecule has 1 saturated heterocycles. The monoisotopic (exact) mass is 378 g/mol. The molecule has 2 aromatic rings. The molecule has 150 valence electrons. The predicted molar refractivity (Wildman–Crippen MR) is 116 cm³/mol. The van der Waals surface area contributed by atoms with E-state index in [9.17, 15) is 0 Å². The minimum Gasteiger partial charge on any atom is -0.489 e. The van der Waals surface area contributed by atoms with Crippen LogP contribution in [-0.4, -0.2) is 42.0 Å². The van der Waals surface area contributed by atoms with E-state index in [4.69, 9.17) is 4.74 Å². The van der Waals surface area contributed by atoms with Crippen molar-refractivity contribution in [2.24, 2.45) is 0 Å². The van der Waals surface area contributed by atoms with Gasteiger partial charge in [0.1, 0.15) is 12.4 Å². The lowest BCUT2D eigenvalue weighted by atomic mass is 9.93. The van der Waals surface area contributed by atoms with E-state index in [2.05, 4.69) is 65.3 Å². The van der Waals surface area contributed by atoms with Crippen LogP contribution in [0.3, 0.4) is 0 Å². The van der Waals surface area contributed by atoms with Crippen molar-refractivity contribution >= 4 is 0 Å². The van der Waals surface area contributed by atoms with E-state index in [0.29, 0.717) is 12.6 Å². The first-order valence-electron chi connectivity index (χ1n) is 11.0. The first-order valence-corrected chi connectivity index (χ1v) is 11.0. The van der Waals surface area contributed by atoms with Crippen LogP contribution in [0.15, 0.2) is 54.6 Å². The van der Waals surface area contributed by atoms with Gasteiger partial charge < -0.3 is 4.74 Å². The Kier molecular flexibility index (Phi) is 6.66. The number of nitrogens with zero attached hydrogens (tertiary/aromatic N) is 2. The van der Waals surface area contributed by atoms with Crippen LogP contribution in [0.4, 0.5) is 0 Å². The number of ether oxygens (including phenoxy) is 1. The molecule has 1 aliphatic carbocycles. The molecule has 1 atom stereocenters. The van der Waals surface area contributed by atoms with Crippen LogP contribution in [0.2, 0.25) is 0 Å². The quantitative estimate of drug-likeness (QED) is 0.680. The van der Waals surface area contributed by atoms with Crippen LogP contribution in [-0.2, 0) is 6.61 Å². The highest BCUT2D eigenvalue weighted by Gasteiger charge is 2.27. The van der Waals surface area contributed by atoms with Crippen molar-refractivity contribution in [3.05, 3.63) is 65.7 Å². The van der Waals surface area contributed by atoms with Crippen LogP contribution in [0, 0.1) is 0 Å². The van der Waals surface area contributed by atoms with Crippen molar-refractivity contribution in [1.82, 2.24) is 9.80 Å². The Morgan fingerprint density at radius 1 is 0.857 bits per heavy atom. The summed E-state index contributed by atoms with van der Waals surface area (Å²) in [6.07, 6.45) is 7.14. The third kappa shape index (κ3) is 4.95. The molecule has 0 spiro atoms. The summed E-state index contributed by atoms with van der Waals surface area (Å²) in [7, 11) is 0. The van der Waals surface area contributed by atoms with E-state index in [1.165, 1.54) is 69.4 Å². The zero-order valence-electron chi connectivity index (χ0n) is 17.2. The Morgan fingerprint density at radius 2 is 1.54 bits per heavy atom. The average molecular weight is 379 g/mol. The maximum Gasteiger partial charge on any atom is 0.119 e. The molecule has 3 heteroatoms. The summed E-state index contributed by atoms with van der Waals surface area (Å²) >= 11 is 0. The molecular formula is C25H34N2O. The first kappa shape index (κ1) is 19.5. The summed E-state index contributed by atoms with van der Waals surface area (Å²) in [5.74, 6) is 0.946. The van der Waals surface area contributed by atoms with Crippen LogP contribution in [0.25, 0.3) is 0 Å². The van der Waals surface area contributed by atoms with Crippen molar-refractivity contribution < 1.29 is 4.74 Å². The van der Waals surface area contributed by atoms with Crippen molar-refractivity contribution in [3.8, 4) is 5.75 Å². The van der Waals surface area contributed by atoms with Crippen molar-refractivity contribution in [1.29, 1.82) is 0 Å². The number of hydrogen-bond acceptors (Lipinski definition) is 3. The smallest absolute Gasteiger partial charge is 0.119 e. The van der Waals surface area contributed by atoms with Crippen LogP contribution in [0.1, 0.15) is 56.2 Å². The largest absolute Gasteiger partial charge is 0.489 e. The maximum atomic E-state index is 5.93. The van der Waals surface area contributed by atoms with Gasteiger partial charge in [-0.3, -0.25) is 9.80 Å². The molecule has 1 saturated carbocycles. The molecular weight excluding hydrogens is 344 g/mol. The van der Waals surface area contributed by atoms with Crippen molar-refractivity contribution in [2.75, 3.05) is 26.2 Å². The molecule has 2 aliphatic rings. The summed E-state index contributed by atoms with van der Waals surface area (Å²) in [5, 5.41) is 0. The zero-order valence-corrected chi connectivity index (χ0v) is 17.2. The molecule has 0 bridgehead atoms. The van der Waals surface area contributed by atoms with Gasteiger partial charge in [-0.15, -0.1) is 0 Å². The van der Waals surface area contributed by atoms with Crippen LogP contribution < -0.4 is 4.74 Å². The molecule has 0 aromatic heterocycles. The molecule has 0 amide bonds. The second-order valence-electron chi connectivity index (χ2n) is 8.38. The predicted octanol–water partition coefficient (Wildman–Crippen LogP) is 5.28. The Morgan fingerprint density at radius 3 is 2.21 bits per heavy atom. The highest BCUT2D eigenvalue weighted by Crippen LogP contribution is 2.27. The second-order valence-corrected chi connectivity index (χ2v) is 8.38. The summed E-state index contributed by atoms with van der Waals surface area (Å²) < 4.78 is 5.93. The molecule has 3 nitrogen and oxygen atoms in total. The van der Waals surface area contributed by atoms with Gasteiger partial charge in [0.05, 0.1) is 0 Å². The number of hydrogen-bond donors (Lipinski definition) is 0. The molecule has 1 aliphatic heterocycles. The second kappa shape index (κ2) is 9.58. The molecule has 2 fully saturated rings. The van der Waals surface area contributed by atoms with Gasteiger partial charge in [0.2, 0.25) is 0 Å². The molecule has 2 aromatic carbocycles. The lowest BCUT2D eigenvalue weighted by Gasteiger charge is -2.42. The number of benzene rings is 2. The fourth-order valence-electron chi connectivity index (χ4n) is 4.73. The third-order valence-corrected chi connectivity index (χ3v) is 6.60. The van der Waals surface area contributed by atoms with Gasteiger partial charge in [0.15, 0.2) is 0 Å². The maximum absolute atomic E-state index is 5.93. The topological polar surface area (TPSA) is 15.7 Å². The van der Waals surface area contributed by atoms with Crippen molar-refractivity contribution in [2.45, 2.75) is 57.7 Å². The Bertz CT molecular complexity index is 701. The molecule has 0 radical (unpaired) electrons. The minimum atomic E-state index is 0.469. The number of piperazine rings is 1.